The minimum Gasteiger partial charge on any atom is -0.484 e. The van der Waals surface area contributed by atoms with E-state index in [-0.39, 0.29) is 6.61 Å². The van der Waals surface area contributed by atoms with E-state index in [0.717, 1.165) is 38.3 Å². The Balaban J connectivity index is 1.48. The van der Waals surface area contributed by atoms with Crippen LogP contribution < -0.4 is 20.7 Å². The highest BCUT2D eigenvalue weighted by atomic mass is 16.5. The summed E-state index contributed by atoms with van der Waals surface area (Å²) in [6.07, 6.45) is 3.98. The van der Waals surface area contributed by atoms with Gasteiger partial charge in [0.05, 0.1) is 0 Å². The van der Waals surface area contributed by atoms with Crippen molar-refractivity contribution in [2.75, 3.05) is 24.6 Å². The highest BCUT2D eigenvalue weighted by Gasteiger charge is 2.20. The number of amides is 1. The number of nitrogens with one attached hydrogen (secondary N) is 1. The number of primary amides is 1. The summed E-state index contributed by atoms with van der Waals surface area (Å²) in [6.45, 7) is 2.63. The van der Waals surface area contributed by atoms with Crippen molar-refractivity contribution in [3.8, 4) is 5.75 Å². The molecule has 1 aliphatic heterocycles. The lowest BCUT2D eigenvalue weighted by Gasteiger charge is -2.33. The maximum Gasteiger partial charge on any atom is 0.255 e. The number of aromatic nitrogens is 2. The van der Waals surface area contributed by atoms with E-state index < -0.39 is 5.91 Å². The number of nitrogens with two attached hydrogens (primary N) is 1. The summed E-state index contributed by atoms with van der Waals surface area (Å²) < 4.78 is 5.27. The molecule has 1 amide bonds. The maximum absolute atomic E-state index is 10.7. The van der Waals surface area contributed by atoms with Crippen LogP contribution in [0, 0.1) is 0 Å². The topological polar surface area (TPSA) is 93.4 Å². The molecule has 3 N–H and O–H groups in total. The van der Waals surface area contributed by atoms with Gasteiger partial charge in [0, 0.05) is 31.9 Å². The van der Waals surface area contributed by atoms with Crippen molar-refractivity contribution in [3.63, 3.8) is 0 Å². The van der Waals surface area contributed by atoms with Gasteiger partial charge in [-0.05, 0) is 42.7 Å². The number of hydrogen-bond donors (Lipinski definition) is 2. The van der Waals surface area contributed by atoms with Crippen molar-refractivity contribution in [2.45, 2.75) is 25.4 Å². The zero-order valence-electron chi connectivity index (χ0n) is 14.1. The van der Waals surface area contributed by atoms with Gasteiger partial charge in [0.25, 0.3) is 5.91 Å². The zero-order valence-corrected chi connectivity index (χ0v) is 14.1. The third kappa shape index (κ3) is 5.15. The molecule has 1 saturated heterocycles. The Hall–Kier alpha value is -2.67. The highest BCUT2D eigenvalue weighted by Crippen LogP contribution is 2.17. The maximum atomic E-state index is 10.7. The number of benzene rings is 1. The number of rotatable bonds is 7. The van der Waals surface area contributed by atoms with Gasteiger partial charge in [-0.2, -0.15) is 5.10 Å². The number of hydrogen-bond acceptors (Lipinski definition) is 6. The Morgan fingerprint density at radius 2 is 2.16 bits per heavy atom. The van der Waals surface area contributed by atoms with Crippen LogP contribution >= 0.6 is 0 Å². The van der Waals surface area contributed by atoms with E-state index in [0.29, 0.717) is 11.8 Å². The van der Waals surface area contributed by atoms with Gasteiger partial charge in [-0.25, -0.2) is 0 Å². The standard InChI is InChI=1S/C18H23N5O2/c19-17(24)13-25-16-7-5-14(6-8-16)11-20-15-3-2-10-23(12-15)18-4-1-9-21-22-18/h1,4-9,15,20H,2-3,10-13H2,(H2,19,24)/t15-/m1/s1. The number of piperidine rings is 1. The first-order valence-corrected chi connectivity index (χ1v) is 8.47. The zero-order chi connectivity index (χ0) is 17.5. The number of anilines is 1. The molecule has 2 heterocycles. The lowest BCUT2D eigenvalue weighted by atomic mass is 10.1. The van der Waals surface area contributed by atoms with Gasteiger partial charge in [-0.15, -0.1) is 5.10 Å². The second kappa shape index (κ2) is 8.43. The van der Waals surface area contributed by atoms with Gasteiger partial charge in [0.15, 0.2) is 12.4 Å². The quantitative estimate of drug-likeness (QED) is 0.783. The smallest absolute Gasteiger partial charge is 0.255 e. The summed E-state index contributed by atoms with van der Waals surface area (Å²) in [5, 5.41) is 11.8. The molecule has 7 heteroatoms. The fraction of sp³-hybridized carbons (Fsp3) is 0.389. The average molecular weight is 341 g/mol. The molecule has 0 aliphatic carbocycles. The van der Waals surface area contributed by atoms with Crippen LogP contribution in [0.4, 0.5) is 5.82 Å². The first-order chi connectivity index (χ1) is 12.2. The summed E-state index contributed by atoms with van der Waals surface area (Å²) >= 11 is 0. The summed E-state index contributed by atoms with van der Waals surface area (Å²) in [5.41, 5.74) is 6.24. The molecular weight excluding hydrogens is 318 g/mol. The predicted molar refractivity (Wildman–Crippen MR) is 95.2 cm³/mol. The fourth-order valence-corrected chi connectivity index (χ4v) is 2.93. The minimum absolute atomic E-state index is 0.0993. The van der Waals surface area contributed by atoms with E-state index in [1.807, 2.05) is 36.4 Å². The molecule has 0 unspecified atom stereocenters. The molecule has 0 saturated carbocycles. The van der Waals surface area contributed by atoms with Crippen LogP contribution in [0.2, 0.25) is 0 Å². The summed E-state index contributed by atoms with van der Waals surface area (Å²) in [6, 6.07) is 12.0. The Morgan fingerprint density at radius 1 is 1.32 bits per heavy atom. The molecule has 132 valence electrons. The minimum atomic E-state index is -0.476. The molecule has 1 atom stereocenters. The summed E-state index contributed by atoms with van der Waals surface area (Å²) in [7, 11) is 0. The van der Waals surface area contributed by atoms with Crippen molar-refractivity contribution in [2.24, 2.45) is 5.73 Å². The van der Waals surface area contributed by atoms with Gasteiger partial charge in [0.1, 0.15) is 5.75 Å². The van der Waals surface area contributed by atoms with Crippen LogP contribution in [0.15, 0.2) is 42.6 Å². The number of nitrogens with zero attached hydrogens (tertiary/aromatic N) is 3. The number of carbonyl (C=O) groups is 1. The lowest BCUT2D eigenvalue weighted by molar-refractivity contribution is -0.119. The van der Waals surface area contributed by atoms with E-state index in [1.54, 1.807) is 6.20 Å². The van der Waals surface area contributed by atoms with Gasteiger partial charge >= 0.3 is 0 Å². The Morgan fingerprint density at radius 3 is 2.88 bits per heavy atom. The van der Waals surface area contributed by atoms with Gasteiger partial charge in [0.2, 0.25) is 0 Å². The highest BCUT2D eigenvalue weighted by molar-refractivity contribution is 5.75. The lowest BCUT2D eigenvalue weighted by Crippen LogP contribution is -2.45. The molecule has 2 aromatic rings. The van der Waals surface area contributed by atoms with E-state index in [9.17, 15) is 4.79 Å². The summed E-state index contributed by atoms with van der Waals surface area (Å²) in [4.78, 5) is 13.0. The number of ether oxygens (including phenoxy) is 1. The van der Waals surface area contributed by atoms with Crippen molar-refractivity contribution < 1.29 is 9.53 Å². The van der Waals surface area contributed by atoms with Crippen LogP contribution in [0.5, 0.6) is 5.75 Å². The molecule has 25 heavy (non-hydrogen) atoms. The SMILES string of the molecule is NC(=O)COc1ccc(CN[C@@H]2CCCN(c3cccnn3)C2)cc1. The van der Waals surface area contributed by atoms with E-state index in [2.05, 4.69) is 20.4 Å². The monoisotopic (exact) mass is 341 g/mol. The average Bonchev–Trinajstić information content (AvgIpc) is 2.66. The van der Waals surface area contributed by atoms with Crippen molar-refractivity contribution in [3.05, 3.63) is 48.2 Å². The Bertz CT molecular complexity index is 678. The molecule has 0 spiro atoms. The van der Waals surface area contributed by atoms with Crippen LogP contribution in [-0.2, 0) is 11.3 Å². The Labute approximate surface area is 147 Å². The van der Waals surface area contributed by atoms with Gasteiger partial charge in [-0.3, -0.25) is 4.79 Å². The molecule has 1 aromatic heterocycles. The van der Waals surface area contributed by atoms with Crippen molar-refractivity contribution in [1.29, 1.82) is 0 Å². The molecule has 1 aromatic carbocycles. The van der Waals surface area contributed by atoms with Crippen LogP contribution in [-0.4, -0.2) is 41.8 Å². The molecule has 1 aliphatic rings. The van der Waals surface area contributed by atoms with Crippen molar-refractivity contribution in [1.82, 2.24) is 15.5 Å². The third-order valence-corrected chi connectivity index (χ3v) is 4.20. The van der Waals surface area contributed by atoms with Crippen molar-refractivity contribution >= 4 is 11.7 Å². The molecule has 0 radical (unpaired) electrons. The van der Waals surface area contributed by atoms with E-state index >= 15 is 0 Å². The molecule has 1 fully saturated rings. The van der Waals surface area contributed by atoms with Gasteiger partial charge in [-0.1, -0.05) is 12.1 Å². The predicted octanol–water partition coefficient (Wildman–Crippen LogP) is 1.10. The largest absolute Gasteiger partial charge is 0.484 e. The van der Waals surface area contributed by atoms with E-state index in [1.165, 1.54) is 5.56 Å². The number of carbonyl (C=O) groups excluding carboxylic acids is 1. The van der Waals surface area contributed by atoms with E-state index in [4.69, 9.17) is 10.5 Å². The molecular formula is C18H23N5O2. The summed E-state index contributed by atoms with van der Waals surface area (Å²) in [5.74, 6) is 1.11. The van der Waals surface area contributed by atoms with Crippen LogP contribution in [0.1, 0.15) is 18.4 Å². The Kier molecular flexibility index (Phi) is 5.79. The van der Waals surface area contributed by atoms with Crippen LogP contribution in [0.25, 0.3) is 0 Å². The molecule has 7 nitrogen and oxygen atoms in total. The fourth-order valence-electron chi connectivity index (χ4n) is 2.93. The molecule has 0 bridgehead atoms. The van der Waals surface area contributed by atoms with Crippen LogP contribution in [0.3, 0.4) is 0 Å². The van der Waals surface area contributed by atoms with Gasteiger partial charge < -0.3 is 20.7 Å². The molecule has 3 rings (SSSR count). The second-order valence-electron chi connectivity index (χ2n) is 6.15. The first-order valence-electron chi connectivity index (χ1n) is 8.47. The third-order valence-electron chi connectivity index (χ3n) is 4.20. The second-order valence-corrected chi connectivity index (χ2v) is 6.15. The first kappa shape index (κ1) is 17.2. The normalized spacial score (nSPS) is 17.3.